The van der Waals surface area contributed by atoms with Crippen molar-refractivity contribution in [3.05, 3.63) is 64.7 Å². The van der Waals surface area contributed by atoms with Crippen LogP contribution in [0, 0.1) is 5.41 Å². The molecule has 0 aromatic heterocycles. The second kappa shape index (κ2) is 10.6. The SMILES string of the molecule is CNC(=O)c1cc(C(=O)NCCC2CN(C(=O)O)CCO2)cc2c1O[C@@](C)(C(C)(C)C)[C@H]2c1ccccc1. The number of ether oxygens (including phenoxy) is 2. The van der Waals surface area contributed by atoms with E-state index >= 15 is 0 Å². The van der Waals surface area contributed by atoms with Crippen LogP contribution in [-0.2, 0) is 4.74 Å². The lowest BCUT2D eigenvalue weighted by Gasteiger charge is -2.42. The number of carboxylic acid groups (broad SMARTS) is 1. The fourth-order valence-electron chi connectivity index (χ4n) is 5.23. The highest BCUT2D eigenvalue weighted by atomic mass is 16.5. The van der Waals surface area contributed by atoms with Crippen LogP contribution in [0.2, 0.25) is 0 Å². The molecule has 2 aromatic carbocycles. The quantitative estimate of drug-likeness (QED) is 0.529. The fourth-order valence-corrected chi connectivity index (χ4v) is 5.23. The number of nitrogens with one attached hydrogen (secondary N) is 2. The number of carbonyl (C=O) groups excluding carboxylic acids is 2. The first-order chi connectivity index (χ1) is 18.0. The van der Waals surface area contributed by atoms with E-state index in [2.05, 4.69) is 38.3 Å². The number of carbonyl (C=O) groups is 3. The minimum atomic E-state index is -0.973. The smallest absolute Gasteiger partial charge is 0.407 e. The first-order valence-electron chi connectivity index (χ1n) is 13.0. The van der Waals surface area contributed by atoms with E-state index in [0.717, 1.165) is 11.1 Å². The molecular formula is C29H37N3O6. The highest BCUT2D eigenvalue weighted by Crippen LogP contribution is 2.56. The monoisotopic (exact) mass is 523 g/mol. The molecule has 2 aliphatic rings. The van der Waals surface area contributed by atoms with E-state index in [1.54, 1.807) is 13.1 Å². The zero-order valence-corrected chi connectivity index (χ0v) is 22.7. The van der Waals surface area contributed by atoms with Crippen LogP contribution in [0.3, 0.4) is 0 Å². The summed E-state index contributed by atoms with van der Waals surface area (Å²) < 4.78 is 12.3. The van der Waals surface area contributed by atoms with E-state index in [1.165, 1.54) is 4.90 Å². The Bertz CT molecular complexity index is 1210. The fraction of sp³-hybridized carbons (Fsp3) is 0.483. The molecule has 9 heteroatoms. The Labute approximate surface area is 223 Å². The number of fused-ring (bicyclic) bond motifs is 1. The summed E-state index contributed by atoms with van der Waals surface area (Å²) in [5.74, 6) is -0.352. The van der Waals surface area contributed by atoms with Crippen molar-refractivity contribution in [1.82, 2.24) is 15.5 Å². The van der Waals surface area contributed by atoms with Gasteiger partial charge in [0.15, 0.2) is 0 Å². The highest BCUT2D eigenvalue weighted by Gasteiger charge is 2.54. The lowest BCUT2D eigenvalue weighted by Crippen LogP contribution is -2.47. The first kappa shape index (κ1) is 27.4. The minimum Gasteiger partial charge on any atom is -0.485 e. The van der Waals surface area contributed by atoms with E-state index in [9.17, 15) is 19.5 Å². The van der Waals surface area contributed by atoms with Gasteiger partial charge in [0.05, 0.1) is 30.7 Å². The zero-order valence-electron chi connectivity index (χ0n) is 22.7. The van der Waals surface area contributed by atoms with E-state index in [4.69, 9.17) is 9.47 Å². The molecule has 1 saturated heterocycles. The molecule has 0 radical (unpaired) electrons. The van der Waals surface area contributed by atoms with Gasteiger partial charge >= 0.3 is 6.09 Å². The first-order valence-corrected chi connectivity index (χ1v) is 13.0. The zero-order chi connectivity index (χ0) is 27.7. The van der Waals surface area contributed by atoms with Gasteiger partial charge in [-0.3, -0.25) is 9.59 Å². The molecule has 38 heavy (non-hydrogen) atoms. The van der Waals surface area contributed by atoms with E-state index in [0.29, 0.717) is 43.0 Å². The van der Waals surface area contributed by atoms with Gasteiger partial charge in [0, 0.05) is 36.7 Å². The van der Waals surface area contributed by atoms with E-state index < -0.39 is 11.7 Å². The van der Waals surface area contributed by atoms with Crippen molar-refractivity contribution in [2.75, 3.05) is 33.3 Å². The Hall–Kier alpha value is -3.59. The van der Waals surface area contributed by atoms with Gasteiger partial charge in [-0.1, -0.05) is 51.1 Å². The number of nitrogens with zero attached hydrogens (tertiary/aromatic N) is 1. The maximum absolute atomic E-state index is 13.3. The van der Waals surface area contributed by atoms with Gasteiger partial charge in [-0.05, 0) is 31.0 Å². The van der Waals surface area contributed by atoms with Gasteiger partial charge < -0.3 is 30.1 Å². The number of amides is 3. The van der Waals surface area contributed by atoms with Gasteiger partial charge in [-0.25, -0.2) is 4.79 Å². The van der Waals surface area contributed by atoms with Crippen LogP contribution in [0.25, 0.3) is 0 Å². The van der Waals surface area contributed by atoms with Crippen LogP contribution >= 0.6 is 0 Å². The van der Waals surface area contributed by atoms with E-state index in [1.807, 2.05) is 36.4 Å². The second-order valence-electron chi connectivity index (χ2n) is 11.1. The molecule has 0 spiro atoms. The molecule has 2 aromatic rings. The lowest BCUT2D eigenvalue weighted by atomic mass is 9.67. The van der Waals surface area contributed by atoms with Crippen LogP contribution in [0.1, 0.15) is 71.9 Å². The van der Waals surface area contributed by atoms with Gasteiger partial charge in [0.25, 0.3) is 11.8 Å². The number of hydrogen-bond acceptors (Lipinski definition) is 5. The minimum absolute atomic E-state index is 0.201. The molecule has 1 fully saturated rings. The molecule has 1 unspecified atom stereocenters. The van der Waals surface area contributed by atoms with Crippen molar-refractivity contribution >= 4 is 17.9 Å². The molecular weight excluding hydrogens is 486 g/mol. The molecule has 3 amide bonds. The van der Waals surface area contributed by atoms with Gasteiger partial charge in [-0.2, -0.15) is 0 Å². The summed E-state index contributed by atoms with van der Waals surface area (Å²) in [5, 5.41) is 14.8. The highest BCUT2D eigenvalue weighted by molar-refractivity contribution is 6.02. The number of morpholine rings is 1. The average Bonchev–Trinajstić information content (AvgIpc) is 3.21. The predicted octanol–water partition coefficient (Wildman–Crippen LogP) is 3.87. The molecule has 2 aliphatic heterocycles. The number of benzene rings is 2. The van der Waals surface area contributed by atoms with Gasteiger partial charge in [0.2, 0.25) is 0 Å². The second-order valence-corrected chi connectivity index (χ2v) is 11.1. The van der Waals surface area contributed by atoms with Crippen molar-refractivity contribution in [3.63, 3.8) is 0 Å². The summed E-state index contributed by atoms with van der Waals surface area (Å²) in [6, 6.07) is 13.4. The summed E-state index contributed by atoms with van der Waals surface area (Å²) in [5.41, 5.74) is 1.55. The Kier molecular flexibility index (Phi) is 7.69. The van der Waals surface area contributed by atoms with Crippen LogP contribution in [0.5, 0.6) is 5.75 Å². The summed E-state index contributed by atoms with van der Waals surface area (Å²) >= 11 is 0. The number of rotatable bonds is 6. The Morgan fingerprint density at radius 3 is 2.47 bits per heavy atom. The van der Waals surface area contributed by atoms with Crippen molar-refractivity contribution in [1.29, 1.82) is 0 Å². The molecule has 0 saturated carbocycles. The molecule has 3 atom stereocenters. The van der Waals surface area contributed by atoms with Crippen LogP contribution in [0.4, 0.5) is 4.79 Å². The Balaban J connectivity index is 1.64. The van der Waals surface area contributed by atoms with Crippen molar-refractivity contribution in [3.8, 4) is 5.75 Å². The standard InChI is InChI=1S/C29H37N3O6/c1-28(2,3)29(4)23(18-9-7-6-8-10-18)21-15-19(16-22(24(21)38-29)26(34)30-5)25(33)31-12-11-20-17-32(27(35)36)13-14-37-20/h6-10,15-16,20,23H,11-14,17H2,1-5H3,(H,30,34)(H,31,33)(H,35,36)/t20?,23-,29+/m0/s1. The van der Waals surface area contributed by atoms with Crippen molar-refractivity contribution in [2.45, 2.75) is 51.7 Å². The van der Waals surface area contributed by atoms with Gasteiger partial charge in [-0.15, -0.1) is 0 Å². The molecule has 9 nitrogen and oxygen atoms in total. The Morgan fingerprint density at radius 2 is 1.84 bits per heavy atom. The normalized spacial score (nSPS) is 22.8. The predicted molar refractivity (Wildman–Crippen MR) is 143 cm³/mol. The molecule has 0 bridgehead atoms. The third-order valence-corrected chi connectivity index (χ3v) is 7.81. The van der Waals surface area contributed by atoms with Crippen molar-refractivity contribution < 1.29 is 29.0 Å². The summed E-state index contributed by atoms with van der Waals surface area (Å²) in [6.07, 6.45) is -0.787. The summed E-state index contributed by atoms with van der Waals surface area (Å²) in [4.78, 5) is 38.8. The van der Waals surface area contributed by atoms with Crippen molar-refractivity contribution in [2.24, 2.45) is 5.41 Å². The maximum Gasteiger partial charge on any atom is 0.407 e. The average molecular weight is 524 g/mol. The topological polar surface area (TPSA) is 117 Å². The maximum atomic E-state index is 13.3. The van der Waals surface area contributed by atoms with Crippen LogP contribution < -0.4 is 15.4 Å². The Morgan fingerprint density at radius 1 is 1.13 bits per heavy atom. The molecule has 2 heterocycles. The lowest BCUT2D eigenvalue weighted by molar-refractivity contribution is -0.0247. The summed E-state index contributed by atoms with van der Waals surface area (Å²) in [7, 11) is 1.55. The van der Waals surface area contributed by atoms with E-state index in [-0.39, 0.29) is 35.8 Å². The molecule has 204 valence electrons. The van der Waals surface area contributed by atoms with Crippen LogP contribution in [-0.4, -0.2) is 72.9 Å². The third kappa shape index (κ3) is 5.20. The third-order valence-electron chi connectivity index (χ3n) is 7.81. The summed E-state index contributed by atoms with van der Waals surface area (Å²) in [6.45, 7) is 9.64. The molecule has 0 aliphatic carbocycles. The largest absolute Gasteiger partial charge is 0.485 e. The van der Waals surface area contributed by atoms with Gasteiger partial charge in [0.1, 0.15) is 11.4 Å². The number of hydrogen-bond donors (Lipinski definition) is 3. The molecule has 4 rings (SSSR count). The molecule has 3 N–H and O–H groups in total. The van der Waals surface area contributed by atoms with Crippen LogP contribution in [0.15, 0.2) is 42.5 Å².